The Hall–Kier alpha value is -1.50. The van der Waals surface area contributed by atoms with E-state index in [9.17, 15) is 4.79 Å². The Morgan fingerprint density at radius 2 is 2.09 bits per heavy atom. The summed E-state index contributed by atoms with van der Waals surface area (Å²) in [6.45, 7) is 3.44. The minimum atomic E-state index is 0. The van der Waals surface area contributed by atoms with Crippen LogP contribution in [0.2, 0.25) is 0 Å². The highest BCUT2D eigenvalue weighted by Crippen LogP contribution is 2.32. The summed E-state index contributed by atoms with van der Waals surface area (Å²) < 4.78 is 11.0. The summed E-state index contributed by atoms with van der Waals surface area (Å²) in [5, 5.41) is 6.22. The molecule has 0 saturated carbocycles. The minimum Gasteiger partial charge on any atom is -0.486 e. The Morgan fingerprint density at radius 1 is 1.30 bits per heavy atom. The number of hydrogen-bond donors (Lipinski definition) is 2. The number of nitrogens with zero attached hydrogens (tertiary/aromatic N) is 1. The van der Waals surface area contributed by atoms with Crippen molar-refractivity contribution in [3.63, 3.8) is 0 Å². The van der Waals surface area contributed by atoms with Crippen LogP contribution in [0.4, 0.5) is 5.69 Å². The predicted octanol–water partition coefficient (Wildman–Crippen LogP) is 1.50. The van der Waals surface area contributed by atoms with Gasteiger partial charge in [0.15, 0.2) is 11.5 Å². The smallest absolute Gasteiger partial charge is 0.238 e. The van der Waals surface area contributed by atoms with Crippen molar-refractivity contribution in [2.75, 3.05) is 45.2 Å². The lowest BCUT2D eigenvalue weighted by molar-refractivity contribution is -0.117. The molecule has 0 spiro atoms. The van der Waals surface area contributed by atoms with E-state index < -0.39 is 0 Å². The minimum absolute atomic E-state index is 0. The van der Waals surface area contributed by atoms with Crippen molar-refractivity contribution >= 4 is 24.0 Å². The van der Waals surface area contributed by atoms with Gasteiger partial charge in [-0.15, -0.1) is 12.4 Å². The molecular formula is C16H24ClN3O3. The van der Waals surface area contributed by atoms with E-state index >= 15 is 0 Å². The lowest BCUT2D eigenvalue weighted by Gasteiger charge is -2.31. The van der Waals surface area contributed by atoms with Crippen LogP contribution in [-0.4, -0.2) is 56.7 Å². The molecule has 2 aliphatic heterocycles. The van der Waals surface area contributed by atoms with E-state index in [1.807, 2.05) is 25.2 Å². The molecule has 0 radical (unpaired) electrons. The first-order valence-corrected chi connectivity index (χ1v) is 7.84. The molecule has 0 aliphatic carbocycles. The average Bonchev–Trinajstić information content (AvgIpc) is 2.55. The molecule has 6 nitrogen and oxygen atoms in total. The first kappa shape index (κ1) is 17.8. The van der Waals surface area contributed by atoms with E-state index in [1.165, 1.54) is 6.42 Å². The normalized spacial score (nSPS) is 20.5. The van der Waals surface area contributed by atoms with E-state index in [0.717, 1.165) is 30.9 Å². The first-order chi connectivity index (χ1) is 10.7. The summed E-state index contributed by atoms with van der Waals surface area (Å²) in [6.07, 6.45) is 2.31. The number of carbonyl (C=O) groups is 1. The fourth-order valence-electron chi connectivity index (χ4n) is 2.96. The highest BCUT2D eigenvalue weighted by molar-refractivity contribution is 5.92. The SMILES string of the molecule is CNC1CCCN(CC(=O)Nc2ccc3c(c2)OCCO3)C1.Cl. The van der Waals surface area contributed by atoms with Gasteiger partial charge in [0.1, 0.15) is 13.2 Å². The molecule has 1 atom stereocenters. The van der Waals surface area contributed by atoms with Crippen LogP contribution in [0, 0.1) is 0 Å². The molecule has 0 bridgehead atoms. The molecule has 2 aliphatic rings. The van der Waals surface area contributed by atoms with Crippen LogP contribution in [-0.2, 0) is 4.79 Å². The lowest BCUT2D eigenvalue weighted by atomic mass is 10.1. The number of piperidine rings is 1. The molecular weight excluding hydrogens is 318 g/mol. The van der Waals surface area contributed by atoms with Crippen molar-refractivity contribution in [2.45, 2.75) is 18.9 Å². The fourth-order valence-corrected chi connectivity index (χ4v) is 2.96. The zero-order valence-corrected chi connectivity index (χ0v) is 14.2. The number of fused-ring (bicyclic) bond motifs is 1. The number of amides is 1. The van der Waals surface area contributed by atoms with E-state index in [4.69, 9.17) is 9.47 Å². The van der Waals surface area contributed by atoms with Crippen LogP contribution >= 0.6 is 12.4 Å². The summed E-state index contributed by atoms with van der Waals surface area (Å²) in [4.78, 5) is 14.4. The largest absolute Gasteiger partial charge is 0.486 e. The molecule has 128 valence electrons. The Kier molecular flexibility index (Phi) is 6.50. The van der Waals surface area contributed by atoms with E-state index in [2.05, 4.69) is 15.5 Å². The van der Waals surface area contributed by atoms with E-state index in [1.54, 1.807) is 0 Å². The molecule has 1 aromatic rings. The second-order valence-electron chi connectivity index (χ2n) is 5.77. The number of hydrogen-bond acceptors (Lipinski definition) is 5. The number of halogens is 1. The van der Waals surface area contributed by atoms with Crippen molar-refractivity contribution in [2.24, 2.45) is 0 Å². The van der Waals surface area contributed by atoms with Crippen molar-refractivity contribution < 1.29 is 14.3 Å². The van der Waals surface area contributed by atoms with E-state index in [0.29, 0.717) is 31.5 Å². The second kappa shape index (κ2) is 8.38. The quantitative estimate of drug-likeness (QED) is 0.869. The molecule has 1 unspecified atom stereocenters. The molecule has 3 rings (SSSR count). The van der Waals surface area contributed by atoms with Gasteiger partial charge in [-0.25, -0.2) is 0 Å². The molecule has 1 fully saturated rings. The standard InChI is InChI=1S/C16H23N3O3.ClH/c1-17-13-3-2-6-19(10-13)11-16(20)18-12-4-5-14-15(9-12)22-8-7-21-14;/h4-5,9,13,17H,2-3,6-8,10-11H2,1H3,(H,18,20);1H. The van der Waals surface area contributed by atoms with Gasteiger partial charge in [-0.1, -0.05) is 0 Å². The molecule has 1 saturated heterocycles. The number of ether oxygens (including phenoxy) is 2. The Labute approximate surface area is 142 Å². The van der Waals surface area contributed by atoms with Gasteiger partial charge in [0.05, 0.1) is 6.54 Å². The summed E-state index contributed by atoms with van der Waals surface area (Å²) in [6, 6.07) is 5.98. The van der Waals surface area contributed by atoms with Gasteiger partial charge in [0, 0.05) is 24.3 Å². The molecule has 2 heterocycles. The number of rotatable bonds is 4. The lowest BCUT2D eigenvalue weighted by Crippen LogP contribution is -2.46. The number of carbonyl (C=O) groups excluding carboxylic acids is 1. The van der Waals surface area contributed by atoms with Gasteiger partial charge < -0.3 is 20.1 Å². The second-order valence-corrected chi connectivity index (χ2v) is 5.77. The maximum absolute atomic E-state index is 12.2. The maximum atomic E-state index is 12.2. The topological polar surface area (TPSA) is 62.8 Å². The summed E-state index contributed by atoms with van der Waals surface area (Å²) in [5.41, 5.74) is 0.747. The van der Waals surface area contributed by atoms with Crippen molar-refractivity contribution in [3.05, 3.63) is 18.2 Å². The number of anilines is 1. The van der Waals surface area contributed by atoms with Crippen LogP contribution in [0.25, 0.3) is 0 Å². The Morgan fingerprint density at radius 3 is 2.87 bits per heavy atom. The fraction of sp³-hybridized carbons (Fsp3) is 0.562. The van der Waals surface area contributed by atoms with Gasteiger partial charge in [0.2, 0.25) is 5.91 Å². The maximum Gasteiger partial charge on any atom is 0.238 e. The van der Waals surface area contributed by atoms with Crippen LogP contribution in [0.15, 0.2) is 18.2 Å². The van der Waals surface area contributed by atoms with Crippen LogP contribution in [0.5, 0.6) is 11.5 Å². The molecule has 0 aromatic heterocycles. The first-order valence-electron chi connectivity index (χ1n) is 7.84. The Balaban J connectivity index is 0.00000192. The number of likely N-dealkylation sites (tertiary alicyclic amines) is 1. The molecule has 1 amide bonds. The average molecular weight is 342 g/mol. The monoisotopic (exact) mass is 341 g/mol. The number of likely N-dealkylation sites (N-methyl/N-ethyl adjacent to an activating group) is 1. The van der Waals surface area contributed by atoms with Crippen LogP contribution < -0.4 is 20.1 Å². The van der Waals surface area contributed by atoms with Gasteiger partial charge in [-0.2, -0.15) is 0 Å². The summed E-state index contributed by atoms with van der Waals surface area (Å²) in [7, 11) is 1.98. The molecule has 1 aromatic carbocycles. The highest BCUT2D eigenvalue weighted by Gasteiger charge is 2.20. The summed E-state index contributed by atoms with van der Waals surface area (Å²) >= 11 is 0. The van der Waals surface area contributed by atoms with Gasteiger partial charge in [-0.3, -0.25) is 9.69 Å². The predicted molar refractivity (Wildman–Crippen MR) is 91.8 cm³/mol. The van der Waals surface area contributed by atoms with Crippen molar-refractivity contribution in [1.29, 1.82) is 0 Å². The number of nitrogens with one attached hydrogen (secondary N) is 2. The van der Waals surface area contributed by atoms with Crippen molar-refractivity contribution in [3.8, 4) is 11.5 Å². The third-order valence-corrected chi connectivity index (χ3v) is 4.11. The zero-order valence-electron chi connectivity index (χ0n) is 13.3. The van der Waals surface area contributed by atoms with Gasteiger partial charge in [0.25, 0.3) is 0 Å². The van der Waals surface area contributed by atoms with Crippen LogP contribution in [0.3, 0.4) is 0 Å². The molecule has 7 heteroatoms. The van der Waals surface area contributed by atoms with Gasteiger partial charge >= 0.3 is 0 Å². The zero-order chi connectivity index (χ0) is 15.4. The number of benzene rings is 1. The van der Waals surface area contributed by atoms with E-state index in [-0.39, 0.29) is 18.3 Å². The molecule has 23 heavy (non-hydrogen) atoms. The van der Waals surface area contributed by atoms with Crippen LogP contribution in [0.1, 0.15) is 12.8 Å². The van der Waals surface area contributed by atoms with Crippen molar-refractivity contribution in [1.82, 2.24) is 10.2 Å². The third kappa shape index (κ3) is 4.73. The van der Waals surface area contributed by atoms with Gasteiger partial charge in [-0.05, 0) is 38.6 Å². The summed E-state index contributed by atoms with van der Waals surface area (Å²) in [5.74, 6) is 1.43. The molecule has 2 N–H and O–H groups in total. The Bertz CT molecular complexity index is 541. The highest BCUT2D eigenvalue weighted by atomic mass is 35.5. The third-order valence-electron chi connectivity index (χ3n) is 4.11.